The van der Waals surface area contributed by atoms with Crippen molar-refractivity contribution in [1.29, 1.82) is 5.26 Å². The smallest absolute Gasteiger partial charge is 0.127 e. The molecule has 1 aliphatic carbocycles. The van der Waals surface area contributed by atoms with Crippen LogP contribution in [0.2, 0.25) is 5.02 Å². The molecule has 2 N–H and O–H groups in total. The number of nitriles is 1. The van der Waals surface area contributed by atoms with Crippen molar-refractivity contribution in [2.75, 3.05) is 36.1 Å². The van der Waals surface area contributed by atoms with Gasteiger partial charge in [0.25, 0.3) is 0 Å². The minimum Gasteiger partial charge on any atom is -0.383 e. The number of fused-ring (bicyclic) bond motifs is 1. The molecule has 0 amide bonds. The summed E-state index contributed by atoms with van der Waals surface area (Å²) in [4.78, 5) is 10.8. The van der Waals surface area contributed by atoms with Crippen molar-refractivity contribution in [3.05, 3.63) is 64.7 Å². The van der Waals surface area contributed by atoms with E-state index in [4.69, 9.17) is 14.3 Å². The Hall–Kier alpha value is -3.90. The largest absolute Gasteiger partial charge is 0.383 e. The Labute approximate surface area is 232 Å². The molecule has 1 aliphatic rings. The van der Waals surface area contributed by atoms with Crippen LogP contribution in [0.1, 0.15) is 66.6 Å². The van der Waals surface area contributed by atoms with E-state index < -0.39 is 17.9 Å². The maximum Gasteiger partial charge on any atom is 0.127 e. The Morgan fingerprint density at radius 1 is 1.26 bits per heavy atom. The summed E-state index contributed by atoms with van der Waals surface area (Å²) in [7, 11) is 3.79. The molecule has 1 aromatic carbocycles. The predicted octanol–water partition coefficient (Wildman–Crippen LogP) is 5.81. The molecule has 9 nitrogen and oxygen atoms in total. The summed E-state index contributed by atoms with van der Waals surface area (Å²) in [6.45, 7) is 3.44. The standard InChI is InChI=1S/C28H32ClN9/c1-28(2,3)16-33-25-18(12-30)14-32-27-21(25)10-19(11-22(27)29)34-26(17-6-9-24(31-13-17)37(4)5)23-15-38(36-35-23)20-7-8-20/h6,9-11,13-15,20,26,34H,7-8,16H2,1-5H3,(H,32,33)/i16D2,26D. The van der Waals surface area contributed by atoms with Crippen molar-refractivity contribution < 1.29 is 4.11 Å². The van der Waals surface area contributed by atoms with Gasteiger partial charge in [0.15, 0.2) is 0 Å². The monoisotopic (exact) mass is 532 g/mol. The number of benzene rings is 1. The van der Waals surface area contributed by atoms with E-state index in [9.17, 15) is 6.63 Å². The zero-order chi connectivity index (χ0) is 29.7. The van der Waals surface area contributed by atoms with Crippen LogP contribution in [0.15, 0.2) is 42.9 Å². The minimum absolute atomic E-state index is 0.173. The first kappa shape index (κ1) is 22.1. The molecule has 1 fully saturated rings. The lowest BCUT2D eigenvalue weighted by Crippen LogP contribution is -2.20. The first-order valence-corrected chi connectivity index (χ1v) is 12.8. The molecular formula is C28H32ClN9. The van der Waals surface area contributed by atoms with Crippen LogP contribution in [0.4, 0.5) is 17.2 Å². The molecule has 0 radical (unpaired) electrons. The van der Waals surface area contributed by atoms with E-state index in [0.29, 0.717) is 27.8 Å². The first-order valence-electron chi connectivity index (χ1n) is 13.9. The van der Waals surface area contributed by atoms with Gasteiger partial charge >= 0.3 is 0 Å². The van der Waals surface area contributed by atoms with Gasteiger partial charge in [-0.2, -0.15) is 5.26 Å². The highest BCUT2D eigenvalue weighted by molar-refractivity contribution is 6.35. The van der Waals surface area contributed by atoms with Crippen molar-refractivity contribution in [3.63, 3.8) is 0 Å². The van der Waals surface area contributed by atoms with Gasteiger partial charge in [-0.3, -0.25) is 4.98 Å². The fourth-order valence-electron chi connectivity index (χ4n) is 3.94. The number of aromatic nitrogens is 5. The van der Waals surface area contributed by atoms with E-state index in [1.54, 1.807) is 50.0 Å². The third-order valence-corrected chi connectivity index (χ3v) is 6.35. The van der Waals surface area contributed by atoms with Gasteiger partial charge in [0, 0.05) is 46.8 Å². The molecule has 3 heterocycles. The van der Waals surface area contributed by atoms with Crippen molar-refractivity contribution in [2.24, 2.45) is 5.41 Å². The number of pyridine rings is 2. The van der Waals surface area contributed by atoms with Gasteiger partial charge in [-0.05, 0) is 42.0 Å². The molecule has 1 saturated carbocycles. The molecule has 0 spiro atoms. The Morgan fingerprint density at radius 3 is 2.68 bits per heavy atom. The molecule has 0 bridgehead atoms. The van der Waals surface area contributed by atoms with Crippen molar-refractivity contribution in [2.45, 2.75) is 45.7 Å². The fraction of sp³-hybridized carbons (Fsp3) is 0.393. The van der Waals surface area contributed by atoms with Crippen LogP contribution in [0, 0.1) is 16.7 Å². The van der Waals surface area contributed by atoms with Gasteiger partial charge in [-0.1, -0.05) is 43.7 Å². The van der Waals surface area contributed by atoms with E-state index in [1.165, 1.54) is 6.20 Å². The molecule has 3 aromatic heterocycles. The van der Waals surface area contributed by atoms with Crippen molar-refractivity contribution >= 4 is 39.7 Å². The average molecular weight is 533 g/mol. The van der Waals surface area contributed by atoms with E-state index in [1.807, 2.05) is 31.1 Å². The second-order valence-corrected chi connectivity index (χ2v) is 11.0. The number of anilines is 3. The number of nitrogens with zero attached hydrogens (tertiary/aromatic N) is 7. The van der Waals surface area contributed by atoms with Gasteiger partial charge in [-0.15, -0.1) is 5.10 Å². The third-order valence-electron chi connectivity index (χ3n) is 6.06. The van der Waals surface area contributed by atoms with Crippen LogP contribution in [-0.2, 0) is 0 Å². The highest BCUT2D eigenvalue weighted by Gasteiger charge is 2.27. The number of rotatable bonds is 8. The second kappa shape index (κ2) is 10.1. The van der Waals surface area contributed by atoms with Gasteiger partial charge < -0.3 is 15.5 Å². The van der Waals surface area contributed by atoms with Crippen LogP contribution in [0.25, 0.3) is 10.9 Å². The van der Waals surface area contributed by atoms with Gasteiger partial charge in [0.05, 0.1) is 41.4 Å². The van der Waals surface area contributed by atoms with Crippen LogP contribution in [0.5, 0.6) is 0 Å². The van der Waals surface area contributed by atoms with Crippen LogP contribution >= 0.6 is 11.6 Å². The summed E-state index contributed by atoms with van der Waals surface area (Å²) in [5.41, 5.74) is 1.42. The minimum atomic E-state index is -1.87. The average Bonchev–Trinajstić information content (AvgIpc) is 3.64. The molecule has 0 saturated heterocycles. The zero-order valence-electron chi connectivity index (χ0n) is 25.0. The summed E-state index contributed by atoms with van der Waals surface area (Å²) in [6.07, 6.45) is 6.83. The summed E-state index contributed by atoms with van der Waals surface area (Å²) in [5, 5.41) is 25.4. The first-order chi connectivity index (χ1) is 19.2. The van der Waals surface area contributed by atoms with Gasteiger partial charge in [-0.25, -0.2) is 9.67 Å². The topological polar surface area (TPSA) is 108 Å². The lowest BCUT2D eigenvalue weighted by molar-refractivity contribution is 0.443. The lowest BCUT2D eigenvalue weighted by atomic mass is 9.96. The van der Waals surface area contributed by atoms with Crippen molar-refractivity contribution in [3.8, 4) is 6.07 Å². The highest BCUT2D eigenvalue weighted by atomic mass is 35.5. The van der Waals surface area contributed by atoms with E-state index in [-0.39, 0.29) is 22.3 Å². The third kappa shape index (κ3) is 5.50. The maximum absolute atomic E-state index is 9.85. The second-order valence-electron chi connectivity index (χ2n) is 10.6. The quantitative estimate of drug-likeness (QED) is 0.293. The van der Waals surface area contributed by atoms with Crippen LogP contribution in [-0.4, -0.2) is 45.6 Å². The number of nitrogens with one attached hydrogen (secondary N) is 2. The number of hydrogen-bond acceptors (Lipinski definition) is 8. The van der Waals surface area contributed by atoms with E-state index in [2.05, 4.69) is 37.0 Å². The summed E-state index contributed by atoms with van der Waals surface area (Å²) < 4.78 is 28.7. The molecule has 4 aromatic rings. The van der Waals surface area contributed by atoms with E-state index in [0.717, 1.165) is 18.7 Å². The highest BCUT2D eigenvalue weighted by Crippen LogP contribution is 2.37. The van der Waals surface area contributed by atoms with Gasteiger partial charge in [0.1, 0.15) is 17.6 Å². The number of halogens is 1. The zero-order valence-corrected chi connectivity index (χ0v) is 22.8. The Kier molecular flexibility index (Phi) is 5.88. The van der Waals surface area contributed by atoms with Crippen LogP contribution in [0.3, 0.4) is 0 Å². The predicted molar refractivity (Wildman–Crippen MR) is 152 cm³/mol. The normalized spacial score (nSPS) is 16.6. The molecule has 10 heteroatoms. The maximum atomic E-state index is 9.85. The summed E-state index contributed by atoms with van der Waals surface area (Å²) in [6, 6.07) is 7.81. The molecule has 38 heavy (non-hydrogen) atoms. The Morgan fingerprint density at radius 2 is 2.05 bits per heavy atom. The molecule has 1 unspecified atom stereocenters. The number of hydrogen-bond donors (Lipinski definition) is 2. The lowest BCUT2D eigenvalue weighted by Gasteiger charge is -2.22. The molecule has 196 valence electrons. The van der Waals surface area contributed by atoms with Crippen LogP contribution < -0.4 is 15.5 Å². The summed E-state index contributed by atoms with van der Waals surface area (Å²) >= 11 is 6.70. The fourth-order valence-corrected chi connectivity index (χ4v) is 4.21. The van der Waals surface area contributed by atoms with E-state index >= 15 is 0 Å². The Bertz CT molecular complexity index is 1640. The molecule has 1 atom stereocenters. The SMILES string of the molecule is [2H]C(Nc1cc(Cl)c2ncc(C#N)c(NC([2H])([2H])C(C)(C)C)c2c1)(c1ccc(N(C)C)nc1)c1cn(C2CC2)nn1. The molecule has 0 aliphatic heterocycles. The summed E-state index contributed by atoms with van der Waals surface area (Å²) in [5.74, 6) is 0.741. The van der Waals surface area contributed by atoms with Crippen molar-refractivity contribution in [1.82, 2.24) is 25.0 Å². The van der Waals surface area contributed by atoms with Gasteiger partial charge in [0.2, 0.25) is 0 Å². The Balaban J connectivity index is 1.64. The molecule has 5 rings (SSSR count). The molecular weight excluding hydrogens is 498 g/mol.